The molecule has 35 heavy (non-hydrogen) atoms. The average Bonchev–Trinajstić information content (AvgIpc) is 2.99. The van der Waals surface area contributed by atoms with E-state index >= 15 is 0 Å². The molecule has 2 aliphatic heterocycles. The van der Waals surface area contributed by atoms with Crippen LogP contribution in [0.3, 0.4) is 0 Å². The predicted molar refractivity (Wildman–Crippen MR) is 134 cm³/mol. The Morgan fingerprint density at radius 2 is 2.00 bits per heavy atom. The minimum Gasteiger partial charge on any atom is -0.483 e. The van der Waals surface area contributed by atoms with Gasteiger partial charge in [0.1, 0.15) is 22.8 Å². The van der Waals surface area contributed by atoms with E-state index in [-0.39, 0.29) is 11.7 Å². The SMILES string of the molecule is C\C=C/C(=N\C=C(/C)C1=CC2(CCNCC2)Oc2cccc(OC(F)F)c2C1)C(=O)N(CC)CC. The summed E-state index contributed by atoms with van der Waals surface area (Å²) in [5.41, 5.74) is 2.12. The number of allylic oxidation sites excluding steroid dienone is 3. The van der Waals surface area contributed by atoms with Crippen molar-refractivity contribution in [2.75, 3.05) is 26.2 Å². The molecule has 1 N–H and O–H groups in total. The number of alkyl halides is 2. The molecule has 0 radical (unpaired) electrons. The molecular formula is C27H35F2N3O3. The topological polar surface area (TPSA) is 63.2 Å². The van der Waals surface area contributed by atoms with E-state index in [9.17, 15) is 13.6 Å². The Bertz CT molecular complexity index is 1020. The van der Waals surface area contributed by atoms with Crippen LogP contribution in [0.1, 0.15) is 46.1 Å². The molecule has 1 saturated heterocycles. The first-order valence-electron chi connectivity index (χ1n) is 12.2. The molecule has 0 bridgehead atoms. The number of hydrogen-bond acceptors (Lipinski definition) is 5. The summed E-state index contributed by atoms with van der Waals surface area (Å²) in [5.74, 6) is 0.527. The fourth-order valence-corrected chi connectivity index (χ4v) is 4.43. The van der Waals surface area contributed by atoms with Crippen molar-refractivity contribution in [2.45, 2.75) is 59.2 Å². The van der Waals surface area contributed by atoms with E-state index < -0.39 is 12.2 Å². The Labute approximate surface area is 206 Å². The van der Waals surface area contributed by atoms with Crippen LogP contribution in [0.5, 0.6) is 11.5 Å². The molecule has 0 saturated carbocycles. The molecule has 1 spiro atoms. The van der Waals surface area contributed by atoms with Gasteiger partial charge in [-0.2, -0.15) is 8.78 Å². The van der Waals surface area contributed by atoms with Gasteiger partial charge in [-0.05, 0) is 76.2 Å². The average molecular weight is 488 g/mol. The van der Waals surface area contributed by atoms with Crippen molar-refractivity contribution in [2.24, 2.45) is 4.99 Å². The maximum Gasteiger partial charge on any atom is 0.387 e. The molecule has 0 aromatic heterocycles. The summed E-state index contributed by atoms with van der Waals surface area (Å²) in [6, 6.07) is 5.01. The highest BCUT2D eigenvalue weighted by Crippen LogP contribution is 2.41. The molecule has 0 unspecified atom stereocenters. The van der Waals surface area contributed by atoms with Crippen molar-refractivity contribution < 1.29 is 23.0 Å². The number of nitrogens with zero attached hydrogens (tertiary/aromatic N) is 2. The molecule has 1 aromatic rings. The van der Waals surface area contributed by atoms with E-state index in [4.69, 9.17) is 9.47 Å². The second-order valence-electron chi connectivity index (χ2n) is 8.68. The van der Waals surface area contributed by atoms with E-state index in [2.05, 4.69) is 16.4 Å². The molecule has 8 heteroatoms. The molecule has 1 fully saturated rings. The van der Waals surface area contributed by atoms with Gasteiger partial charge in [-0.1, -0.05) is 12.1 Å². The Morgan fingerprint density at radius 3 is 2.63 bits per heavy atom. The fourth-order valence-electron chi connectivity index (χ4n) is 4.43. The number of ether oxygens (including phenoxy) is 2. The number of hydrogen-bond donors (Lipinski definition) is 1. The van der Waals surface area contributed by atoms with E-state index in [1.165, 1.54) is 6.07 Å². The van der Waals surface area contributed by atoms with Crippen molar-refractivity contribution in [1.82, 2.24) is 10.2 Å². The predicted octanol–water partition coefficient (Wildman–Crippen LogP) is 5.06. The van der Waals surface area contributed by atoms with Crippen molar-refractivity contribution in [3.8, 4) is 11.5 Å². The number of piperidine rings is 1. The second-order valence-corrected chi connectivity index (χ2v) is 8.68. The van der Waals surface area contributed by atoms with Crippen LogP contribution in [0.2, 0.25) is 0 Å². The molecule has 2 aliphatic rings. The number of nitrogens with one attached hydrogen (secondary N) is 1. The van der Waals surface area contributed by atoms with Crippen LogP contribution in [-0.2, 0) is 11.2 Å². The fraction of sp³-hybridized carbons (Fsp3) is 0.481. The number of carbonyl (C=O) groups excluding carboxylic acids is 1. The van der Waals surface area contributed by atoms with Gasteiger partial charge in [0.2, 0.25) is 0 Å². The van der Waals surface area contributed by atoms with Gasteiger partial charge in [0, 0.05) is 44.1 Å². The van der Waals surface area contributed by atoms with Crippen molar-refractivity contribution >= 4 is 11.6 Å². The number of halogens is 2. The summed E-state index contributed by atoms with van der Waals surface area (Å²) in [7, 11) is 0. The molecule has 0 atom stereocenters. The van der Waals surface area contributed by atoms with Gasteiger partial charge in [0.15, 0.2) is 0 Å². The van der Waals surface area contributed by atoms with Crippen LogP contribution in [-0.4, -0.2) is 54.9 Å². The highest BCUT2D eigenvalue weighted by molar-refractivity contribution is 6.43. The molecule has 190 valence electrons. The zero-order valence-electron chi connectivity index (χ0n) is 20.9. The van der Waals surface area contributed by atoms with E-state index in [1.54, 1.807) is 35.4 Å². The lowest BCUT2D eigenvalue weighted by atomic mass is 9.87. The smallest absolute Gasteiger partial charge is 0.387 e. The highest BCUT2D eigenvalue weighted by atomic mass is 19.3. The van der Waals surface area contributed by atoms with Crippen molar-refractivity contribution in [3.63, 3.8) is 0 Å². The maximum absolute atomic E-state index is 13.1. The lowest BCUT2D eigenvalue weighted by Gasteiger charge is -2.35. The largest absolute Gasteiger partial charge is 0.483 e. The Balaban J connectivity index is 2.04. The molecule has 6 nitrogen and oxygen atoms in total. The molecular weight excluding hydrogens is 452 g/mol. The summed E-state index contributed by atoms with van der Waals surface area (Å²) >= 11 is 0. The highest BCUT2D eigenvalue weighted by Gasteiger charge is 2.36. The van der Waals surface area contributed by atoms with Gasteiger partial charge in [-0.15, -0.1) is 0 Å². The molecule has 3 rings (SSSR count). The van der Waals surface area contributed by atoms with E-state index in [0.29, 0.717) is 36.5 Å². The summed E-state index contributed by atoms with van der Waals surface area (Å²) in [6.07, 6.45) is 9.12. The first kappa shape index (κ1) is 26.6. The lowest BCUT2D eigenvalue weighted by molar-refractivity contribution is -0.123. The Hall–Kier alpha value is -3.00. The second kappa shape index (κ2) is 12.1. The summed E-state index contributed by atoms with van der Waals surface area (Å²) in [4.78, 5) is 19.1. The molecule has 1 aromatic carbocycles. The van der Waals surface area contributed by atoms with Crippen LogP contribution in [0.15, 0.2) is 58.8 Å². The van der Waals surface area contributed by atoms with Crippen LogP contribution < -0.4 is 14.8 Å². The zero-order valence-corrected chi connectivity index (χ0v) is 20.9. The van der Waals surface area contributed by atoms with Gasteiger partial charge < -0.3 is 19.7 Å². The number of benzene rings is 1. The number of fused-ring (bicyclic) bond motifs is 1. The van der Waals surface area contributed by atoms with E-state index in [1.807, 2.05) is 27.7 Å². The lowest BCUT2D eigenvalue weighted by Crippen LogP contribution is -2.44. The molecule has 0 aliphatic carbocycles. The van der Waals surface area contributed by atoms with Gasteiger partial charge >= 0.3 is 6.61 Å². The number of aliphatic imine (C=N–C) groups is 1. The van der Waals surface area contributed by atoms with Crippen LogP contribution in [0.25, 0.3) is 0 Å². The third kappa shape index (κ3) is 6.57. The Kier molecular flexibility index (Phi) is 9.20. The number of amides is 1. The van der Waals surface area contributed by atoms with Crippen molar-refractivity contribution in [3.05, 3.63) is 59.3 Å². The summed E-state index contributed by atoms with van der Waals surface area (Å²) in [5, 5.41) is 3.35. The van der Waals surface area contributed by atoms with Gasteiger partial charge in [0.05, 0.1) is 0 Å². The van der Waals surface area contributed by atoms with Crippen LogP contribution >= 0.6 is 0 Å². The van der Waals surface area contributed by atoms with Crippen LogP contribution in [0.4, 0.5) is 8.78 Å². The molecule has 2 heterocycles. The normalized spacial score (nSPS) is 18.2. The Morgan fingerprint density at radius 1 is 1.29 bits per heavy atom. The quantitative estimate of drug-likeness (QED) is 0.521. The summed E-state index contributed by atoms with van der Waals surface area (Å²) < 4.78 is 37.5. The first-order chi connectivity index (χ1) is 16.8. The first-order valence-corrected chi connectivity index (χ1v) is 12.2. The van der Waals surface area contributed by atoms with Gasteiger partial charge in [0.25, 0.3) is 5.91 Å². The maximum atomic E-state index is 13.1. The minimum absolute atomic E-state index is 0.108. The standard InChI is InChI=1S/C27H35F2N3O3/c1-5-9-22(25(33)32(6-2)7-3)31-18-19(4)20-16-21-23(34-26(28)29)10-8-11-24(21)35-27(17-20)12-14-30-15-13-27/h5,8-11,17-18,26,30H,6-7,12-16H2,1-4H3/b9-5-,19-18+,31-22+. The monoisotopic (exact) mass is 487 g/mol. The van der Waals surface area contributed by atoms with Gasteiger partial charge in [-0.3, -0.25) is 9.79 Å². The zero-order chi connectivity index (χ0) is 25.4. The van der Waals surface area contributed by atoms with Gasteiger partial charge in [-0.25, -0.2) is 0 Å². The minimum atomic E-state index is -2.93. The van der Waals surface area contributed by atoms with Crippen LogP contribution in [0, 0.1) is 0 Å². The van der Waals surface area contributed by atoms with Crippen molar-refractivity contribution in [1.29, 1.82) is 0 Å². The third-order valence-electron chi connectivity index (χ3n) is 6.37. The summed E-state index contributed by atoms with van der Waals surface area (Å²) in [6.45, 7) is 7.46. The number of carbonyl (C=O) groups is 1. The number of rotatable bonds is 8. The van der Waals surface area contributed by atoms with E-state index in [0.717, 1.165) is 37.1 Å². The molecule has 1 amide bonds. The third-order valence-corrected chi connectivity index (χ3v) is 6.37.